The van der Waals surface area contributed by atoms with Crippen LogP contribution in [0.1, 0.15) is 53.9 Å². The highest BCUT2D eigenvalue weighted by Gasteiger charge is 2.37. The lowest BCUT2D eigenvalue weighted by Gasteiger charge is -2.32. The molecular formula is C25H35N3O11. The van der Waals surface area contributed by atoms with Gasteiger partial charge in [0, 0.05) is 6.08 Å². The van der Waals surface area contributed by atoms with Crippen LogP contribution in [-0.2, 0) is 24.0 Å². The molecule has 216 valence electrons. The van der Waals surface area contributed by atoms with Crippen LogP contribution in [0.2, 0.25) is 0 Å². The topological polar surface area (TPSA) is 183 Å². The number of allylic oxidation sites excluding steroid dienone is 9. The number of hydrogen-bond acceptors (Lipinski definition) is 11. The summed E-state index contributed by atoms with van der Waals surface area (Å²) in [4.78, 5) is 56.8. The minimum Gasteiger partial charge on any atom is -0.462 e. The van der Waals surface area contributed by atoms with Crippen molar-refractivity contribution in [2.45, 2.75) is 53.9 Å². The Bertz CT molecular complexity index is 1030. The van der Waals surface area contributed by atoms with Crippen molar-refractivity contribution in [2.75, 3.05) is 26.4 Å². The summed E-state index contributed by atoms with van der Waals surface area (Å²) in [6, 6.07) is 0. The molecule has 0 amide bonds. The van der Waals surface area contributed by atoms with Crippen LogP contribution in [0.3, 0.4) is 0 Å². The van der Waals surface area contributed by atoms with E-state index >= 15 is 0 Å². The van der Waals surface area contributed by atoms with Gasteiger partial charge in [-0.3, -0.25) is 0 Å². The molecule has 0 aliphatic heterocycles. The van der Waals surface area contributed by atoms with Crippen molar-refractivity contribution in [1.82, 2.24) is 0 Å². The van der Waals surface area contributed by atoms with E-state index in [0.717, 1.165) is 24.5 Å². The van der Waals surface area contributed by atoms with Crippen LogP contribution < -0.4 is 0 Å². The molecule has 0 saturated carbocycles. The highest BCUT2D eigenvalue weighted by atomic mass is 17.0. The number of esters is 1. The molecule has 0 N–H and O–H groups in total. The van der Waals surface area contributed by atoms with Crippen LogP contribution >= 0.6 is 0 Å². The van der Waals surface area contributed by atoms with Crippen molar-refractivity contribution in [3.05, 3.63) is 89.1 Å². The number of carbonyl (C=O) groups excluding carboxylic acids is 1. The molecular weight excluding hydrogens is 518 g/mol. The van der Waals surface area contributed by atoms with E-state index < -0.39 is 53.1 Å². The highest BCUT2D eigenvalue weighted by molar-refractivity contribution is 5.83. The molecule has 0 heterocycles. The summed E-state index contributed by atoms with van der Waals surface area (Å²) < 4.78 is 5.05. The summed E-state index contributed by atoms with van der Waals surface area (Å²) in [5, 5.41) is 28.2. The van der Waals surface area contributed by atoms with E-state index in [1.807, 2.05) is 19.1 Å². The molecule has 14 nitrogen and oxygen atoms in total. The van der Waals surface area contributed by atoms with Gasteiger partial charge in [-0.05, 0) is 56.6 Å². The minimum atomic E-state index is -1.91. The average Bonchev–Trinajstić information content (AvgIpc) is 2.82. The van der Waals surface area contributed by atoms with Gasteiger partial charge in [-0.2, -0.15) is 0 Å². The minimum absolute atomic E-state index is 0.132. The molecule has 1 rings (SSSR count). The molecule has 0 aromatic heterocycles. The molecule has 1 aliphatic carbocycles. The van der Waals surface area contributed by atoms with Crippen molar-refractivity contribution in [3.8, 4) is 0 Å². The number of nitrogens with zero attached hydrogens (tertiary/aromatic N) is 3. The lowest BCUT2D eigenvalue weighted by atomic mass is 9.72. The fraction of sp³-hybridized carbons (Fsp3) is 0.560. The van der Waals surface area contributed by atoms with Crippen LogP contribution in [-0.4, -0.2) is 47.7 Å². The average molecular weight is 554 g/mol. The van der Waals surface area contributed by atoms with Gasteiger partial charge in [-0.15, -0.1) is 30.3 Å². The first-order chi connectivity index (χ1) is 18.2. The summed E-state index contributed by atoms with van der Waals surface area (Å²) >= 11 is 0. The van der Waals surface area contributed by atoms with Crippen molar-refractivity contribution in [3.63, 3.8) is 0 Å². The predicted molar refractivity (Wildman–Crippen MR) is 138 cm³/mol. The van der Waals surface area contributed by atoms with E-state index in [-0.39, 0.29) is 5.41 Å². The highest BCUT2D eigenvalue weighted by Crippen LogP contribution is 2.40. The van der Waals surface area contributed by atoms with E-state index in [9.17, 15) is 35.1 Å². The maximum atomic E-state index is 12.3. The monoisotopic (exact) mass is 553 g/mol. The van der Waals surface area contributed by atoms with Crippen LogP contribution in [0.4, 0.5) is 0 Å². The molecule has 0 unspecified atom stereocenters. The zero-order chi connectivity index (χ0) is 29.6. The zero-order valence-corrected chi connectivity index (χ0v) is 22.7. The largest absolute Gasteiger partial charge is 0.462 e. The van der Waals surface area contributed by atoms with Gasteiger partial charge >= 0.3 is 5.97 Å². The predicted octanol–water partition coefficient (Wildman–Crippen LogP) is 4.67. The van der Waals surface area contributed by atoms with Gasteiger partial charge in [0.15, 0.2) is 0 Å². The fourth-order valence-electron chi connectivity index (χ4n) is 3.95. The Morgan fingerprint density at radius 1 is 0.923 bits per heavy atom. The molecule has 0 atom stereocenters. The summed E-state index contributed by atoms with van der Waals surface area (Å²) in [5.74, 6) is -0.896. The summed E-state index contributed by atoms with van der Waals surface area (Å²) in [7, 11) is 0. The smallest absolute Gasteiger partial charge is 0.331 e. The maximum absolute atomic E-state index is 12.3. The molecule has 0 spiro atoms. The molecule has 0 aromatic rings. The Balaban J connectivity index is 2.88. The molecule has 0 aromatic carbocycles. The summed E-state index contributed by atoms with van der Waals surface area (Å²) in [6.45, 7) is 6.68. The second-order valence-corrected chi connectivity index (χ2v) is 10.0. The first kappa shape index (κ1) is 32.8. The lowest BCUT2D eigenvalue weighted by Crippen LogP contribution is -2.43. The lowest BCUT2D eigenvalue weighted by molar-refractivity contribution is -0.782. The third-order valence-corrected chi connectivity index (χ3v) is 6.07. The Morgan fingerprint density at radius 3 is 1.95 bits per heavy atom. The van der Waals surface area contributed by atoms with Crippen molar-refractivity contribution in [2.24, 2.45) is 10.8 Å². The van der Waals surface area contributed by atoms with Crippen LogP contribution in [0.5, 0.6) is 0 Å². The Kier molecular flexibility index (Phi) is 12.8. The molecule has 39 heavy (non-hydrogen) atoms. The standard InChI is InChI=1S/C25H35N3O11/c1-19(11-12-22-21(3)10-7-13-24(22,4)5)8-6-9-20(2)14-23(29)36-15-25(16-37-26(30)31,17-38-27(32)33)18-39-28(34)35/h6,8-9,11-12,14H,7,10,13,15-18H2,1-5H3. The van der Waals surface area contributed by atoms with Gasteiger partial charge in [0.2, 0.25) is 0 Å². The first-order valence-electron chi connectivity index (χ1n) is 12.1. The summed E-state index contributed by atoms with van der Waals surface area (Å²) in [5.41, 5.74) is 2.45. The zero-order valence-electron chi connectivity index (χ0n) is 22.7. The molecule has 14 heteroatoms. The maximum Gasteiger partial charge on any atom is 0.331 e. The van der Waals surface area contributed by atoms with Crippen LogP contribution in [0.25, 0.3) is 0 Å². The van der Waals surface area contributed by atoms with Gasteiger partial charge in [-0.25, -0.2) is 4.79 Å². The van der Waals surface area contributed by atoms with E-state index in [1.165, 1.54) is 17.6 Å². The van der Waals surface area contributed by atoms with E-state index in [2.05, 4.69) is 41.4 Å². The Hall–Kier alpha value is -4.23. The molecule has 0 bridgehead atoms. The third-order valence-electron chi connectivity index (χ3n) is 6.07. The molecule has 0 fully saturated rings. The second kappa shape index (κ2) is 15.2. The number of hydrogen-bond donors (Lipinski definition) is 0. The SMILES string of the molecule is CC(C=CC1=C(C)CCCC1(C)C)=CC=CC(C)=CC(=O)OCC(CO[N+](=O)[O-])(CO[N+](=O)[O-])CO[N+](=O)[O-]. The van der Waals surface area contributed by atoms with Crippen molar-refractivity contribution >= 4 is 5.97 Å². The molecule has 0 radical (unpaired) electrons. The van der Waals surface area contributed by atoms with Crippen molar-refractivity contribution < 1.29 is 39.3 Å². The number of rotatable bonds is 16. The normalized spacial score (nSPS) is 16.3. The van der Waals surface area contributed by atoms with Crippen LogP contribution in [0, 0.1) is 41.2 Å². The Labute approximate surface area is 225 Å². The van der Waals surface area contributed by atoms with Gasteiger partial charge in [0.05, 0.1) is 5.41 Å². The first-order valence-corrected chi connectivity index (χ1v) is 12.1. The molecule has 1 aliphatic rings. The number of carbonyl (C=O) groups is 1. The van der Waals surface area contributed by atoms with Crippen molar-refractivity contribution in [1.29, 1.82) is 0 Å². The summed E-state index contributed by atoms with van der Waals surface area (Å²) in [6.07, 6.45) is 14.0. The van der Waals surface area contributed by atoms with Gasteiger partial charge < -0.3 is 19.2 Å². The van der Waals surface area contributed by atoms with E-state index in [0.29, 0.717) is 5.57 Å². The van der Waals surface area contributed by atoms with E-state index in [4.69, 9.17) is 4.74 Å². The van der Waals surface area contributed by atoms with Crippen LogP contribution in [0.15, 0.2) is 58.7 Å². The van der Waals surface area contributed by atoms with Gasteiger partial charge in [0.25, 0.3) is 15.3 Å². The number of ether oxygens (including phenoxy) is 1. The fourth-order valence-corrected chi connectivity index (χ4v) is 3.95. The van der Waals surface area contributed by atoms with Gasteiger partial charge in [0.1, 0.15) is 26.4 Å². The van der Waals surface area contributed by atoms with E-state index in [1.54, 1.807) is 19.1 Å². The third kappa shape index (κ3) is 12.7. The second-order valence-electron chi connectivity index (χ2n) is 10.0. The Morgan fingerprint density at radius 2 is 1.46 bits per heavy atom. The quantitative estimate of drug-likeness (QED) is 0.0850. The van der Waals surface area contributed by atoms with Gasteiger partial charge in [-0.1, -0.05) is 55.4 Å². The molecule has 0 saturated heterocycles.